The van der Waals surface area contributed by atoms with Gasteiger partial charge in [0.2, 0.25) is 0 Å². The highest BCUT2D eigenvalue weighted by Crippen LogP contribution is 2.22. The fourth-order valence-corrected chi connectivity index (χ4v) is 3.04. The molecule has 0 atom stereocenters. The minimum Gasteiger partial charge on any atom is -0.494 e. The topological polar surface area (TPSA) is 116 Å². The van der Waals surface area contributed by atoms with Crippen LogP contribution < -0.4 is 15.6 Å². The second-order valence-electron chi connectivity index (χ2n) is 6.41. The smallest absolute Gasteiger partial charge is 0.282 e. The molecule has 3 rings (SSSR count). The van der Waals surface area contributed by atoms with Crippen molar-refractivity contribution in [3.8, 4) is 17.0 Å². The molecule has 0 fully saturated rings. The van der Waals surface area contributed by atoms with Crippen LogP contribution in [0.15, 0.2) is 59.4 Å². The van der Waals surface area contributed by atoms with Gasteiger partial charge in [-0.1, -0.05) is 11.6 Å². The number of carbonyl (C=O) groups is 1. The molecule has 1 heterocycles. The Hall–Kier alpha value is -3.72. The van der Waals surface area contributed by atoms with Crippen LogP contribution in [0.2, 0.25) is 5.02 Å². The van der Waals surface area contributed by atoms with Crippen LogP contribution in [0.5, 0.6) is 5.75 Å². The third kappa shape index (κ3) is 5.46. The number of carbonyl (C=O) groups excluding carboxylic acids is 1. The molecule has 3 aromatic rings. The van der Waals surface area contributed by atoms with E-state index in [0.29, 0.717) is 12.3 Å². The monoisotopic (exact) mass is 442 g/mol. The van der Waals surface area contributed by atoms with Crippen LogP contribution in [-0.4, -0.2) is 33.8 Å². The van der Waals surface area contributed by atoms with Crippen molar-refractivity contribution in [2.75, 3.05) is 13.2 Å². The lowest BCUT2D eigenvalue weighted by Crippen LogP contribution is -2.32. The van der Waals surface area contributed by atoms with Crippen molar-refractivity contribution < 1.29 is 14.5 Å². The lowest BCUT2D eigenvalue weighted by molar-refractivity contribution is -0.385. The van der Waals surface area contributed by atoms with Gasteiger partial charge >= 0.3 is 0 Å². The normalized spacial score (nSPS) is 10.5. The molecule has 0 bridgehead atoms. The molecule has 0 aliphatic rings. The minimum atomic E-state index is -0.662. The van der Waals surface area contributed by atoms with Crippen molar-refractivity contribution in [1.82, 2.24) is 15.1 Å². The average Bonchev–Trinajstić information content (AvgIpc) is 2.75. The van der Waals surface area contributed by atoms with E-state index in [9.17, 15) is 19.7 Å². The standard InChI is InChI=1S/C21H19ClN4O5/c1-2-31-16-6-3-14(4-7-16)18-8-10-20(27)25(24-18)12-11-23-21(28)17-13-15(22)5-9-19(17)26(29)30/h3-10,13H,2,11-12H2,1H3,(H,23,28). The number of nitrogens with zero attached hydrogens (tertiary/aromatic N) is 3. The fraction of sp³-hybridized carbons (Fsp3) is 0.190. The SMILES string of the molecule is CCOc1ccc(-c2ccc(=O)n(CCNC(=O)c3cc(Cl)ccc3[N+](=O)[O-])n2)cc1. The fourth-order valence-electron chi connectivity index (χ4n) is 2.87. The highest BCUT2D eigenvalue weighted by Gasteiger charge is 2.20. The summed E-state index contributed by atoms with van der Waals surface area (Å²) in [4.78, 5) is 35.0. The van der Waals surface area contributed by atoms with Crippen molar-refractivity contribution in [3.63, 3.8) is 0 Å². The maximum atomic E-state index is 12.4. The molecule has 0 radical (unpaired) electrons. The number of nitrogens with one attached hydrogen (secondary N) is 1. The summed E-state index contributed by atoms with van der Waals surface area (Å²) in [7, 11) is 0. The summed E-state index contributed by atoms with van der Waals surface area (Å²) in [6, 6.07) is 14.0. The molecule has 31 heavy (non-hydrogen) atoms. The van der Waals surface area contributed by atoms with E-state index in [1.807, 2.05) is 31.2 Å². The van der Waals surface area contributed by atoms with Crippen molar-refractivity contribution in [3.05, 3.63) is 85.7 Å². The predicted molar refractivity (Wildman–Crippen MR) is 116 cm³/mol. The van der Waals surface area contributed by atoms with Gasteiger partial charge in [0, 0.05) is 29.3 Å². The first kappa shape index (κ1) is 22.0. The van der Waals surface area contributed by atoms with E-state index >= 15 is 0 Å². The van der Waals surface area contributed by atoms with Gasteiger partial charge in [-0.15, -0.1) is 0 Å². The summed E-state index contributed by atoms with van der Waals surface area (Å²) in [5.41, 5.74) is 0.545. The van der Waals surface area contributed by atoms with Gasteiger partial charge in [0.25, 0.3) is 17.2 Å². The van der Waals surface area contributed by atoms with E-state index in [-0.39, 0.29) is 34.9 Å². The van der Waals surface area contributed by atoms with Crippen molar-refractivity contribution in [1.29, 1.82) is 0 Å². The Balaban J connectivity index is 1.70. The molecular weight excluding hydrogens is 424 g/mol. The molecule has 9 nitrogen and oxygen atoms in total. The number of halogens is 1. The lowest BCUT2D eigenvalue weighted by atomic mass is 10.1. The number of aromatic nitrogens is 2. The maximum Gasteiger partial charge on any atom is 0.282 e. The molecule has 0 spiro atoms. The molecule has 160 valence electrons. The second-order valence-corrected chi connectivity index (χ2v) is 6.85. The summed E-state index contributed by atoms with van der Waals surface area (Å²) in [6.45, 7) is 2.59. The molecule has 0 aliphatic carbocycles. The predicted octanol–water partition coefficient (Wildman–Crippen LogP) is 3.30. The number of nitro benzene ring substituents is 1. The molecule has 2 aromatic carbocycles. The number of hydrogen-bond acceptors (Lipinski definition) is 6. The molecule has 1 N–H and O–H groups in total. The average molecular weight is 443 g/mol. The Morgan fingerprint density at radius 3 is 2.61 bits per heavy atom. The van der Waals surface area contributed by atoms with E-state index in [2.05, 4.69) is 10.4 Å². The van der Waals surface area contributed by atoms with E-state index in [1.165, 1.54) is 28.9 Å². The molecule has 1 aromatic heterocycles. The number of ether oxygens (including phenoxy) is 1. The van der Waals surface area contributed by atoms with Crippen molar-refractivity contribution in [2.24, 2.45) is 0 Å². The number of benzene rings is 2. The molecule has 0 saturated heterocycles. The van der Waals surface area contributed by atoms with Gasteiger partial charge in [0.05, 0.1) is 23.8 Å². The molecule has 0 saturated carbocycles. The third-order valence-electron chi connectivity index (χ3n) is 4.34. The van der Waals surface area contributed by atoms with Crippen molar-refractivity contribution in [2.45, 2.75) is 13.5 Å². The zero-order valence-electron chi connectivity index (χ0n) is 16.6. The Labute approximate surface area is 182 Å². The maximum absolute atomic E-state index is 12.4. The Morgan fingerprint density at radius 2 is 1.94 bits per heavy atom. The van der Waals surface area contributed by atoms with Crippen LogP contribution in [0, 0.1) is 10.1 Å². The Kier molecular flexibility index (Phi) is 6.99. The van der Waals surface area contributed by atoms with E-state index in [4.69, 9.17) is 16.3 Å². The van der Waals surface area contributed by atoms with E-state index < -0.39 is 10.8 Å². The van der Waals surface area contributed by atoms with Gasteiger partial charge in [0.15, 0.2) is 0 Å². The van der Waals surface area contributed by atoms with Crippen LogP contribution in [0.4, 0.5) is 5.69 Å². The number of nitro groups is 1. The van der Waals surface area contributed by atoms with Crippen LogP contribution in [0.25, 0.3) is 11.3 Å². The first-order valence-corrected chi connectivity index (χ1v) is 9.80. The number of hydrogen-bond donors (Lipinski definition) is 1. The highest BCUT2D eigenvalue weighted by atomic mass is 35.5. The Bertz CT molecular complexity index is 1160. The molecule has 1 amide bonds. The third-order valence-corrected chi connectivity index (χ3v) is 4.57. The first-order chi connectivity index (χ1) is 14.9. The molecule has 0 unspecified atom stereocenters. The zero-order valence-corrected chi connectivity index (χ0v) is 17.3. The number of amides is 1. The zero-order chi connectivity index (χ0) is 22.4. The summed E-state index contributed by atoms with van der Waals surface area (Å²) in [6.07, 6.45) is 0. The van der Waals surface area contributed by atoms with E-state index in [0.717, 1.165) is 11.3 Å². The minimum absolute atomic E-state index is 0.0438. The van der Waals surface area contributed by atoms with Gasteiger partial charge in [-0.3, -0.25) is 19.7 Å². The van der Waals surface area contributed by atoms with Gasteiger partial charge in [-0.05, 0) is 49.4 Å². The van der Waals surface area contributed by atoms with Crippen LogP contribution >= 0.6 is 11.6 Å². The molecular formula is C21H19ClN4O5. The summed E-state index contributed by atoms with van der Waals surface area (Å²) >= 11 is 5.85. The first-order valence-electron chi connectivity index (χ1n) is 9.42. The lowest BCUT2D eigenvalue weighted by Gasteiger charge is -2.09. The molecule has 0 aliphatic heterocycles. The van der Waals surface area contributed by atoms with Gasteiger partial charge in [0.1, 0.15) is 11.3 Å². The quantitative estimate of drug-likeness (QED) is 0.422. The van der Waals surface area contributed by atoms with Crippen LogP contribution in [-0.2, 0) is 6.54 Å². The largest absolute Gasteiger partial charge is 0.494 e. The molecule has 10 heteroatoms. The second kappa shape index (κ2) is 9.86. The van der Waals surface area contributed by atoms with Gasteiger partial charge in [-0.25, -0.2) is 4.68 Å². The van der Waals surface area contributed by atoms with Gasteiger partial charge < -0.3 is 10.1 Å². The van der Waals surface area contributed by atoms with Crippen LogP contribution in [0.3, 0.4) is 0 Å². The summed E-state index contributed by atoms with van der Waals surface area (Å²) < 4.78 is 6.64. The van der Waals surface area contributed by atoms with Gasteiger partial charge in [-0.2, -0.15) is 5.10 Å². The van der Waals surface area contributed by atoms with Crippen molar-refractivity contribution >= 4 is 23.2 Å². The van der Waals surface area contributed by atoms with E-state index in [1.54, 1.807) is 6.07 Å². The van der Waals surface area contributed by atoms with Crippen LogP contribution in [0.1, 0.15) is 17.3 Å². The Morgan fingerprint density at radius 1 is 1.19 bits per heavy atom. The number of rotatable bonds is 8. The highest BCUT2D eigenvalue weighted by molar-refractivity contribution is 6.31. The summed E-state index contributed by atoms with van der Waals surface area (Å²) in [5, 5.41) is 18.2. The summed E-state index contributed by atoms with van der Waals surface area (Å²) in [5.74, 6) is 0.0716.